The fourth-order valence-corrected chi connectivity index (χ4v) is 4.71. The van der Waals surface area contributed by atoms with Gasteiger partial charge >= 0.3 is 6.03 Å². The van der Waals surface area contributed by atoms with Gasteiger partial charge in [-0.3, -0.25) is 19.9 Å². The summed E-state index contributed by atoms with van der Waals surface area (Å²) in [7, 11) is 0. The van der Waals surface area contributed by atoms with Gasteiger partial charge in [-0.2, -0.15) is 5.01 Å². The maximum absolute atomic E-state index is 13.0. The summed E-state index contributed by atoms with van der Waals surface area (Å²) in [5, 5.41) is 3.47. The number of likely N-dealkylation sites (tertiary alicyclic amines) is 1. The molecule has 33 heavy (non-hydrogen) atoms. The van der Waals surface area contributed by atoms with Gasteiger partial charge < -0.3 is 14.8 Å². The Kier molecular flexibility index (Phi) is 5.41. The van der Waals surface area contributed by atoms with E-state index in [-0.39, 0.29) is 12.6 Å². The van der Waals surface area contributed by atoms with Gasteiger partial charge in [0.2, 0.25) is 0 Å². The van der Waals surface area contributed by atoms with Crippen LogP contribution in [0.15, 0.2) is 48.5 Å². The Morgan fingerprint density at radius 3 is 2.67 bits per heavy atom. The molecule has 0 unspecified atom stereocenters. The van der Waals surface area contributed by atoms with E-state index in [1.165, 1.54) is 0 Å². The molecule has 2 aromatic carbocycles. The smallest absolute Gasteiger partial charge is 0.344 e. The van der Waals surface area contributed by atoms with Crippen molar-refractivity contribution < 1.29 is 23.9 Å². The Morgan fingerprint density at radius 2 is 1.88 bits per heavy atom. The molecule has 9 heteroatoms. The highest BCUT2D eigenvalue weighted by molar-refractivity contribution is 6.08. The molecule has 3 aliphatic heterocycles. The van der Waals surface area contributed by atoms with Gasteiger partial charge in [-0.05, 0) is 49.6 Å². The van der Waals surface area contributed by atoms with E-state index in [4.69, 9.17) is 9.47 Å². The predicted molar refractivity (Wildman–Crippen MR) is 118 cm³/mol. The lowest BCUT2D eigenvalue weighted by atomic mass is 9.92. The first kappa shape index (κ1) is 21.3. The van der Waals surface area contributed by atoms with E-state index >= 15 is 0 Å². The molecule has 3 aliphatic rings. The zero-order chi connectivity index (χ0) is 23.0. The van der Waals surface area contributed by atoms with Crippen LogP contribution < -0.4 is 20.2 Å². The number of fused-ring (bicyclic) bond motifs is 1. The minimum atomic E-state index is -1.23. The maximum atomic E-state index is 13.0. The number of benzene rings is 2. The number of hydrogen-bond donors (Lipinski definition) is 2. The number of nitrogens with one attached hydrogen (secondary N) is 2. The van der Waals surface area contributed by atoms with Crippen molar-refractivity contribution in [1.29, 1.82) is 0 Å². The third kappa shape index (κ3) is 3.89. The van der Waals surface area contributed by atoms with Gasteiger partial charge in [-0.25, -0.2) is 4.79 Å². The zero-order valence-electron chi connectivity index (χ0n) is 18.4. The molecular formula is C24H26N4O5. The van der Waals surface area contributed by atoms with Crippen LogP contribution in [-0.4, -0.2) is 54.1 Å². The molecule has 0 radical (unpaired) electrons. The van der Waals surface area contributed by atoms with E-state index in [1.54, 1.807) is 31.2 Å². The number of urea groups is 1. The van der Waals surface area contributed by atoms with Crippen molar-refractivity contribution in [1.82, 2.24) is 20.7 Å². The average molecular weight is 450 g/mol. The Labute approximate surface area is 191 Å². The van der Waals surface area contributed by atoms with Crippen molar-refractivity contribution in [3.63, 3.8) is 0 Å². The fourth-order valence-electron chi connectivity index (χ4n) is 4.71. The van der Waals surface area contributed by atoms with E-state index in [1.807, 2.05) is 24.3 Å². The molecule has 2 fully saturated rings. The monoisotopic (exact) mass is 450 g/mol. The van der Waals surface area contributed by atoms with Crippen LogP contribution in [0, 0.1) is 0 Å². The van der Waals surface area contributed by atoms with Crippen molar-refractivity contribution in [2.45, 2.75) is 31.3 Å². The van der Waals surface area contributed by atoms with E-state index in [2.05, 4.69) is 15.6 Å². The number of rotatable bonds is 5. The third-order valence-electron chi connectivity index (χ3n) is 6.44. The minimum Gasteiger partial charge on any atom is -0.486 e. The van der Waals surface area contributed by atoms with Crippen LogP contribution in [0.5, 0.6) is 11.5 Å². The van der Waals surface area contributed by atoms with Gasteiger partial charge in [0.25, 0.3) is 11.8 Å². The van der Waals surface area contributed by atoms with Gasteiger partial charge in [0, 0.05) is 6.04 Å². The standard InChI is InChI=1S/C24H26N4O5/c1-24(17-6-3-2-4-7-17)22(30)28(23(31)25-24)26-21(29)15-27-11-5-8-18(27)16-9-10-19-20(14-16)33-13-12-32-19/h2-4,6-7,9-10,14,18H,5,8,11-13,15H2,1H3,(H,25,31)(H,26,29)/t18-,24+/m1/s1. The average Bonchev–Trinajstić information content (AvgIpc) is 3.37. The Morgan fingerprint density at radius 1 is 1.12 bits per heavy atom. The number of imide groups is 1. The maximum Gasteiger partial charge on any atom is 0.344 e. The number of carbonyl (C=O) groups is 3. The van der Waals surface area contributed by atoms with E-state index in [0.717, 1.165) is 41.5 Å². The quantitative estimate of drug-likeness (QED) is 0.677. The van der Waals surface area contributed by atoms with Crippen LogP contribution in [-0.2, 0) is 15.1 Å². The summed E-state index contributed by atoms with van der Waals surface area (Å²) in [6, 6.07) is 14.2. The van der Waals surface area contributed by atoms with Crippen LogP contribution >= 0.6 is 0 Å². The number of amides is 4. The van der Waals surface area contributed by atoms with Crippen molar-refractivity contribution >= 4 is 17.8 Å². The number of nitrogens with zero attached hydrogens (tertiary/aromatic N) is 2. The van der Waals surface area contributed by atoms with Gasteiger partial charge in [0.1, 0.15) is 18.8 Å². The highest BCUT2D eigenvalue weighted by Crippen LogP contribution is 2.38. The van der Waals surface area contributed by atoms with E-state index in [9.17, 15) is 14.4 Å². The highest BCUT2D eigenvalue weighted by Gasteiger charge is 2.50. The molecule has 5 rings (SSSR count). The van der Waals surface area contributed by atoms with Crippen LogP contribution in [0.25, 0.3) is 0 Å². The summed E-state index contributed by atoms with van der Waals surface area (Å²) >= 11 is 0. The summed E-state index contributed by atoms with van der Waals surface area (Å²) in [6.07, 6.45) is 1.85. The largest absolute Gasteiger partial charge is 0.486 e. The molecule has 0 spiro atoms. The van der Waals surface area contributed by atoms with Crippen molar-refractivity contribution in [2.75, 3.05) is 26.3 Å². The first-order valence-electron chi connectivity index (χ1n) is 11.1. The van der Waals surface area contributed by atoms with E-state index in [0.29, 0.717) is 18.8 Å². The molecule has 4 amide bonds. The van der Waals surface area contributed by atoms with Crippen molar-refractivity contribution in [3.05, 3.63) is 59.7 Å². The number of hydrogen-bond acceptors (Lipinski definition) is 6. The predicted octanol–water partition coefficient (Wildman–Crippen LogP) is 2.09. The van der Waals surface area contributed by atoms with Crippen LogP contribution in [0.2, 0.25) is 0 Å². The Hall–Kier alpha value is -3.59. The molecule has 2 N–H and O–H groups in total. The normalized spacial score (nSPS) is 24.6. The number of ether oxygens (including phenoxy) is 2. The lowest BCUT2D eigenvalue weighted by Gasteiger charge is -2.27. The number of carbonyl (C=O) groups excluding carboxylic acids is 3. The molecule has 2 atom stereocenters. The summed E-state index contributed by atoms with van der Waals surface area (Å²) in [6.45, 7) is 3.50. The first-order valence-corrected chi connectivity index (χ1v) is 11.1. The van der Waals surface area contributed by atoms with Crippen LogP contribution in [0.1, 0.15) is 36.9 Å². The lowest BCUT2D eigenvalue weighted by molar-refractivity contribution is -0.139. The Bertz CT molecular complexity index is 1090. The third-order valence-corrected chi connectivity index (χ3v) is 6.44. The molecule has 0 bridgehead atoms. The summed E-state index contributed by atoms with van der Waals surface area (Å²) < 4.78 is 11.3. The zero-order valence-corrected chi connectivity index (χ0v) is 18.4. The van der Waals surface area contributed by atoms with Crippen LogP contribution in [0.4, 0.5) is 4.79 Å². The molecule has 9 nitrogen and oxygen atoms in total. The van der Waals surface area contributed by atoms with Crippen molar-refractivity contribution in [2.24, 2.45) is 0 Å². The topological polar surface area (TPSA) is 100 Å². The molecule has 0 aromatic heterocycles. The van der Waals surface area contributed by atoms with E-state index < -0.39 is 23.4 Å². The molecule has 3 heterocycles. The molecule has 172 valence electrons. The molecule has 2 aromatic rings. The number of hydrazine groups is 1. The van der Waals surface area contributed by atoms with Crippen LogP contribution in [0.3, 0.4) is 0 Å². The molecule has 0 saturated carbocycles. The van der Waals surface area contributed by atoms with Gasteiger partial charge in [0.15, 0.2) is 11.5 Å². The Balaban J connectivity index is 1.26. The van der Waals surface area contributed by atoms with Gasteiger partial charge in [0.05, 0.1) is 6.54 Å². The lowest BCUT2D eigenvalue weighted by Crippen LogP contribution is -2.50. The summed E-state index contributed by atoms with van der Waals surface area (Å²) in [5.74, 6) is 0.513. The molecular weight excluding hydrogens is 424 g/mol. The minimum absolute atomic E-state index is 0.0456. The second-order valence-electron chi connectivity index (χ2n) is 8.63. The first-order chi connectivity index (χ1) is 16.0. The molecule has 2 saturated heterocycles. The fraction of sp³-hybridized carbons (Fsp3) is 0.375. The second kappa shape index (κ2) is 8.40. The highest BCUT2D eigenvalue weighted by atomic mass is 16.6. The van der Waals surface area contributed by atoms with Gasteiger partial charge in [-0.15, -0.1) is 0 Å². The molecule has 0 aliphatic carbocycles. The second-order valence-corrected chi connectivity index (χ2v) is 8.63. The van der Waals surface area contributed by atoms with Gasteiger partial charge in [-0.1, -0.05) is 36.4 Å². The summed E-state index contributed by atoms with van der Waals surface area (Å²) in [4.78, 5) is 40.4. The summed E-state index contributed by atoms with van der Waals surface area (Å²) in [5.41, 5.74) is 2.97. The SMILES string of the molecule is C[C@@]1(c2ccccc2)NC(=O)N(NC(=O)CN2CCC[C@@H]2c2ccc3c(c2)OCCO3)C1=O. The van der Waals surface area contributed by atoms with Crippen molar-refractivity contribution in [3.8, 4) is 11.5 Å².